The molecule has 0 saturated heterocycles. The quantitative estimate of drug-likeness (QED) is 0.358. The van der Waals surface area contributed by atoms with Crippen molar-refractivity contribution in [2.75, 3.05) is 5.32 Å². The van der Waals surface area contributed by atoms with Gasteiger partial charge in [-0.3, -0.25) is 10.1 Å². The summed E-state index contributed by atoms with van der Waals surface area (Å²) in [5.74, 6) is 0.657. The number of benzene rings is 3. The van der Waals surface area contributed by atoms with Crippen molar-refractivity contribution in [1.82, 2.24) is 10.2 Å². The predicted octanol–water partition coefficient (Wildman–Crippen LogP) is 5.54. The van der Waals surface area contributed by atoms with E-state index in [0.717, 1.165) is 20.9 Å². The molecular formula is C21H17N3OS2. The van der Waals surface area contributed by atoms with Gasteiger partial charge in [0.2, 0.25) is 5.13 Å². The van der Waals surface area contributed by atoms with E-state index < -0.39 is 0 Å². The maximum Gasteiger partial charge on any atom is 0.258 e. The second-order valence-electron chi connectivity index (χ2n) is 6.13. The van der Waals surface area contributed by atoms with Crippen molar-refractivity contribution in [3.05, 3.63) is 83.4 Å². The van der Waals surface area contributed by atoms with Crippen LogP contribution >= 0.6 is 23.1 Å². The maximum atomic E-state index is 12.7. The van der Waals surface area contributed by atoms with E-state index in [9.17, 15) is 4.79 Å². The summed E-state index contributed by atoms with van der Waals surface area (Å²) in [6.07, 6.45) is 0. The maximum absolute atomic E-state index is 12.7. The minimum absolute atomic E-state index is 0.168. The lowest BCUT2D eigenvalue weighted by Gasteiger charge is -2.05. The van der Waals surface area contributed by atoms with Crippen LogP contribution in [0.3, 0.4) is 0 Å². The van der Waals surface area contributed by atoms with Crippen LogP contribution in [0.15, 0.2) is 71.1 Å². The Labute approximate surface area is 165 Å². The molecule has 1 amide bonds. The molecule has 3 aromatic carbocycles. The molecular weight excluding hydrogens is 374 g/mol. The Morgan fingerprint density at radius 1 is 1.00 bits per heavy atom. The Kier molecular flexibility index (Phi) is 5.18. The van der Waals surface area contributed by atoms with E-state index in [-0.39, 0.29) is 5.91 Å². The molecule has 0 radical (unpaired) electrons. The summed E-state index contributed by atoms with van der Waals surface area (Å²) in [6.45, 7) is 2.08. The third-order valence-corrected chi connectivity index (χ3v) is 6.19. The van der Waals surface area contributed by atoms with E-state index in [0.29, 0.717) is 10.7 Å². The standard InChI is InChI=1S/C21H17N3OS2/c1-14-9-11-15(12-10-14)13-26-21-24-23-20(27-21)22-19(25)18-8-4-6-16-5-2-3-7-17(16)18/h2-12H,13H2,1H3,(H,22,23,25). The van der Waals surface area contributed by atoms with Crippen molar-refractivity contribution < 1.29 is 4.79 Å². The van der Waals surface area contributed by atoms with Gasteiger partial charge in [0.15, 0.2) is 4.34 Å². The Bertz CT molecular complexity index is 1080. The lowest BCUT2D eigenvalue weighted by atomic mass is 10.0. The largest absolute Gasteiger partial charge is 0.296 e. The zero-order valence-corrected chi connectivity index (χ0v) is 16.3. The van der Waals surface area contributed by atoms with Crippen LogP contribution in [-0.2, 0) is 5.75 Å². The van der Waals surface area contributed by atoms with Crippen LogP contribution in [0.4, 0.5) is 5.13 Å². The first-order chi connectivity index (χ1) is 13.2. The SMILES string of the molecule is Cc1ccc(CSc2nnc(NC(=O)c3cccc4ccccc34)s2)cc1. The number of aryl methyl sites for hydroxylation is 1. The molecule has 0 aliphatic rings. The Hall–Kier alpha value is -2.70. The fourth-order valence-corrected chi connectivity index (χ4v) is 4.44. The van der Waals surface area contributed by atoms with Crippen molar-refractivity contribution >= 4 is 44.9 Å². The van der Waals surface area contributed by atoms with Crippen LogP contribution in [0, 0.1) is 6.92 Å². The number of thioether (sulfide) groups is 1. The molecule has 0 fully saturated rings. The normalized spacial score (nSPS) is 10.9. The van der Waals surface area contributed by atoms with Crippen molar-refractivity contribution in [1.29, 1.82) is 0 Å². The molecule has 1 N–H and O–H groups in total. The van der Waals surface area contributed by atoms with Gasteiger partial charge in [0.05, 0.1) is 0 Å². The van der Waals surface area contributed by atoms with Gasteiger partial charge in [0.1, 0.15) is 0 Å². The Balaban J connectivity index is 1.44. The number of amides is 1. The first-order valence-electron chi connectivity index (χ1n) is 8.50. The van der Waals surface area contributed by atoms with Crippen molar-refractivity contribution in [2.24, 2.45) is 0 Å². The fraction of sp³-hybridized carbons (Fsp3) is 0.0952. The second-order valence-corrected chi connectivity index (χ2v) is 8.33. The molecule has 0 aliphatic carbocycles. The van der Waals surface area contributed by atoms with Crippen LogP contribution in [0.5, 0.6) is 0 Å². The lowest BCUT2D eigenvalue weighted by Crippen LogP contribution is -2.12. The molecule has 0 aliphatic heterocycles. The summed E-state index contributed by atoms with van der Waals surface area (Å²) in [5, 5.41) is 13.6. The van der Waals surface area contributed by atoms with Gasteiger partial charge in [-0.2, -0.15) is 0 Å². The molecule has 6 heteroatoms. The summed E-state index contributed by atoms with van der Waals surface area (Å²) < 4.78 is 0.837. The van der Waals surface area contributed by atoms with Crippen LogP contribution in [0.1, 0.15) is 21.5 Å². The highest BCUT2D eigenvalue weighted by Crippen LogP contribution is 2.29. The third-order valence-electron chi connectivity index (χ3n) is 4.14. The van der Waals surface area contributed by atoms with Gasteiger partial charge in [-0.1, -0.05) is 89.3 Å². The molecule has 4 aromatic rings. The summed E-state index contributed by atoms with van der Waals surface area (Å²) in [4.78, 5) is 12.7. The van der Waals surface area contributed by atoms with Crippen LogP contribution < -0.4 is 5.32 Å². The Morgan fingerprint density at radius 2 is 1.78 bits per heavy atom. The number of carbonyl (C=O) groups excluding carboxylic acids is 1. The molecule has 4 rings (SSSR count). The molecule has 134 valence electrons. The number of nitrogens with zero attached hydrogens (tertiary/aromatic N) is 2. The van der Waals surface area contributed by atoms with E-state index in [1.165, 1.54) is 22.5 Å². The van der Waals surface area contributed by atoms with Gasteiger partial charge in [0.25, 0.3) is 5.91 Å². The number of hydrogen-bond donors (Lipinski definition) is 1. The molecule has 0 saturated carbocycles. The molecule has 27 heavy (non-hydrogen) atoms. The minimum atomic E-state index is -0.168. The second kappa shape index (κ2) is 7.90. The van der Waals surface area contributed by atoms with Crippen molar-refractivity contribution in [2.45, 2.75) is 17.0 Å². The summed E-state index contributed by atoms with van der Waals surface area (Å²) in [6, 6.07) is 22.0. The number of nitrogens with one attached hydrogen (secondary N) is 1. The number of carbonyl (C=O) groups is 1. The molecule has 0 unspecified atom stereocenters. The smallest absolute Gasteiger partial charge is 0.258 e. The average Bonchev–Trinajstić information content (AvgIpc) is 3.14. The lowest BCUT2D eigenvalue weighted by molar-refractivity contribution is 0.102. The zero-order chi connectivity index (χ0) is 18.6. The highest BCUT2D eigenvalue weighted by molar-refractivity contribution is 8.00. The summed E-state index contributed by atoms with van der Waals surface area (Å²) in [5.41, 5.74) is 3.12. The van der Waals surface area contributed by atoms with Crippen LogP contribution in [0.25, 0.3) is 10.8 Å². The molecule has 4 nitrogen and oxygen atoms in total. The van der Waals surface area contributed by atoms with Crippen molar-refractivity contribution in [3.63, 3.8) is 0 Å². The predicted molar refractivity (Wildman–Crippen MR) is 113 cm³/mol. The summed E-state index contributed by atoms with van der Waals surface area (Å²) in [7, 11) is 0. The van der Waals surface area contributed by atoms with Gasteiger partial charge in [-0.25, -0.2) is 0 Å². The van der Waals surface area contributed by atoms with Gasteiger partial charge in [-0.15, -0.1) is 10.2 Å². The number of aromatic nitrogens is 2. The van der Waals surface area contributed by atoms with Crippen LogP contribution in [-0.4, -0.2) is 16.1 Å². The average molecular weight is 392 g/mol. The molecule has 1 aromatic heterocycles. The van der Waals surface area contributed by atoms with E-state index >= 15 is 0 Å². The fourth-order valence-electron chi connectivity index (χ4n) is 2.74. The van der Waals surface area contributed by atoms with Gasteiger partial charge in [-0.05, 0) is 29.3 Å². The number of anilines is 1. The van der Waals surface area contributed by atoms with E-state index in [2.05, 4.69) is 46.7 Å². The molecule has 1 heterocycles. The van der Waals surface area contributed by atoms with Gasteiger partial charge < -0.3 is 0 Å². The van der Waals surface area contributed by atoms with Gasteiger partial charge in [0, 0.05) is 11.3 Å². The van der Waals surface area contributed by atoms with E-state index in [4.69, 9.17) is 0 Å². The van der Waals surface area contributed by atoms with Crippen molar-refractivity contribution in [3.8, 4) is 0 Å². The minimum Gasteiger partial charge on any atom is -0.296 e. The Morgan fingerprint density at radius 3 is 2.63 bits per heavy atom. The molecule has 0 atom stereocenters. The third kappa shape index (κ3) is 4.18. The van der Waals surface area contributed by atoms with Gasteiger partial charge >= 0.3 is 0 Å². The van der Waals surface area contributed by atoms with Crippen LogP contribution in [0.2, 0.25) is 0 Å². The molecule has 0 bridgehead atoms. The number of hydrogen-bond acceptors (Lipinski definition) is 5. The number of fused-ring (bicyclic) bond motifs is 1. The topological polar surface area (TPSA) is 54.9 Å². The monoisotopic (exact) mass is 391 g/mol. The highest BCUT2D eigenvalue weighted by atomic mass is 32.2. The first kappa shape index (κ1) is 17.7. The number of rotatable bonds is 5. The summed E-state index contributed by atoms with van der Waals surface area (Å²) >= 11 is 3.01. The van der Waals surface area contributed by atoms with E-state index in [1.807, 2.05) is 42.5 Å². The van der Waals surface area contributed by atoms with E-state index in [1.54, 1.807) is 11.8 Å². The molecule has 0 spiro atoms. The first-order valence-corrected chi connectivity index (χ1v) is 10.3. The highest BCUT2D eigenvalue weighted by Gasteiger charge is 2.13. The zero-order valence-electron chi connectivity index (χ0n) is 14.7.